The Bertz CT molecular complexity index is 153. The predicted molar refractivity (Wildman–Crippen MR) is 37.8 cm³/mol. The van der Waals surface area contributed by atoms with Crippen LogP contribution in [0.15, 0.2) is 0 Å². The van der Waals surface area contributed by atoms with Gasteiger partial charge in [0.2, 0.25) is 0 Å². The molecule has 0 aliphatic heterocycles. The molecule has 0 rings (SSSR count). The van der Waals surface area contributed by atoms with Crippen molar-refractivity contribution in [2.24, 2.45) is 5.92 Å². The van der Waals surface area contributed by atoms with E-state index in [4.69, 9.17) is 0 Å². The third-order valence-electron chi connectivity index (χ3n) is 1.14. The first-order chi connectivity index (χ1) is 5.07. The normalized spacial score (nSPS) is 11.9. The predicted octanol–water partition coefficient (Wildman–Crippen LogP) is 0.359. The molecule has 0 fully saturated rings. The summed E-state index contributed by atoms with van der Waals surface area (Å²) >= 11 is 0. The Hall–Kier alpha value is -1.06. The summed E-state index contributed by atoms with van der Waals surface area (Å²) in [6, 6.07) is 0. The van der Waals surface area contributed by atoms with Crippen LogP contribution >= 0.6 is 0 Å². The van der Waals surface area contributed by atoms with Gasteiger partial charge in [-0.1, -0.05) is 0 Å². The van der Waals surface area contributed by atoms with Gasteiger partial charge >= 0.3 is 11.9 Å². The van der Waals surface area contributed by atoms with E-state index in [0.29, 0.717) is 0 Å². The lowest BCUT2D eigenvalue weighted by Gasteiger charge is -2.07. The van der Waals surface area contributed by atoms with Gasteiger partial charge in [-0.3, -0.25) is 9.59 Å². The Balaban J connectivity index is 3.60. The van der Waals surface area contributed by atoms with E-state index >= 15 is 0 Å². The molecule has 4 heteroatoms. The molecule has 0 bridgehead atoms. The zero-order chi connectivity index (χ0) is 8.85. The van der Waals surface area contributed by atoms with Crippen LogP contribution in [0.1, 0.15) is 13.8 Å². The number of carbonyl (C=O) groups excluding carboxylic acids is 2. The highest BCUT2D eigenvalue weighted by Crippen LogP contribution is 1.97. The Morgan fingerprint density at radius 1 is 1.45 bits per heavy atom. The van der Waals surface area contributed by atoms with Crippen molar-refractivity contribution >= 4 is 11.9 Å². The SMILES string of the molecule is COC(=O)[C@H](C)COC(C)=O. The third kappa shape index (κ3) is 4.36. The molecule has 0 aromatic carbocycles. The molecule has 0 aliphatic carbocycles. The first-order valence-electron chi connectivity index (χ1n) is 3.29. The number of rotatable bonds is 3. The molecule has 0 unspecified atom stereocenters. The van der Waals surface area contributed by atoms with Crippen molar-refractivity contribution in [1.82, 2.24) is 0 Å². The molecule has 0 spiro atoms. The van der Waals surface area contributed by atoms with Gasteiger partial charge in [-0.05, 0) is 6.92 Å². The van der Waals surface area contributed by atoms with Crippen molar-refractivity contribution in [3.05, 3.63) is 0 Å². The molecule has 0 N–H and O–H groups in total. The maximum atomic E-state index is 10.7. The van der Waals surface area contributed by atoms with Gasteiger partial charge in [0.15, 0.2) is 0 Å². The Morgan fingerprint density at radius 2 is 2.00 bits per heavy atom. The van der Waals surface area contributed by atoms with Crippen LogP contribution in [0.3, 0.4) is 0 Å². The minimum absolute atomic E-state index is 0.0853. The van der Waals surface area contributed by atoms with E-state index in [2.05, 4.69) is 9.47 Å². The fourth-order valence-corrected chi connectivity index (χ4v) is 0.512. The average Bonchev–Trinajstić information content (AvgIpc) is 1.98. The average molecular weight is 160 g/mol. The molecule has 0 heterocycles. The number of carbonyl (C=O) groups is 2. The fraction of sp³-hybridized carbons (Fsp3) is 0.714. The topological polar surface area (TPSA) is 52.6 Å². The van der Waals surface area contributed by atoms with Crippen LogP contribution in [0.25, 0.3) is 0 Å². The van der Waals surface area contributed by atoms with Crippen LogP contribution in [0, 0.1) is 5.92 Å². The van der Waals surface area contributed by atoms with Gasteiger partial charge in [0.1, 0.15) is 6.61 Å². The highest BCUT2D eigenvalue weighted by atomic mass is 16.5. The van der Waals surface area contributed by atoms with Crippen molar-refractivity contribution in [2.75, 3.05) is 13.7 Å². The highest BCUT2D eigenvalue weighted by Gasteiger charge is 2.13. The van der Waals surface area contributed by atoms with Crippen LogP contribution < -0.4 is 0 Å². The number of hydrogen-bond donors (Lipinski definition) is 0. The first-order valence-corrected chi connectivity index (χ1v) is 3.29. The zero-order valence-electron chi connectivity index (χ0n) is 6.92. The minimum atomic E-state index is -0.388. The molecule has 4 nitrogen and oxygen atoms in total. The molecule has 11 heavy (non-hydrogen) atoms. The Morgan fingerprint density at radius 3 is 2.36 bits per heavy atom. The number of methoxy groups -OCH3 is 1. The second kappa shape index (κ2) is 4.71. The van der Waals surface area contributed by atoms with E-state index < -0.39 is 0 Å². The van der Waals surface area contributed by atoms with Gasteiger partial charge < -0.3 is 9.47 Å². The summed E-state index contributed by atoms with van der Waals surface area (Å²) in [5.74, 6) is -1.14. The van der Waals surface area contributed by atoms with Gasteiger partial charge in [0.25, 0.3) is 0 Å². The second-order valence-corrected chi connectivity index (χ2v) is 2.23. The summed E-state index contributed by atoms with van der Waals surface area (Å²) in [6.45, 7) is 3.01. The molecule has 0 aromatic rings. The van der Waals surface area contributed by atoms with E-state index in [1.807, 2.05) is 0 Å². The molecule has 0 saturated carbocycles. The van der Waals surface area contributed by atoms with Crippen LogP contribution in [-0.4, -0.2) is 25.7 Å². The molecule has 0 aliphatic rings. The molecular weight excluding hydrogens is 148 g/mol. The maximum Gasteiger partial charge on any atom is 0.311 e. The van der Waals surface area contributed by atoms with Crippen LogP contribution in [0.2, 0.25) is 0 Å². The van der Waals surface area contributed by atoms with Crippen molar-refractivity contribution in [1.29, 1.82) is 0 Å². The van der Waals surface area contributed by atoms with Gasteiger partial charge in [-0.2, -0.15) is 0 Å². The van der Waals surface area contributed by atoms with Gasteiger partial charge in [0, 0.05) is 6.92 Å². The molecule has 64 valence electrons. The quantitative estimate of drug-likeness (QED) is 0.559. The summed E-state index contributed by atoms with van der Waals surface area (Å²) in [4.78, 5) is 21.0. The van der Waals surface area contributed by atoms with Crippen molar-refractivity contribution in [3.8, 4) is 0 Å². The van der Waals surface area contributed by atoms with Crippen molar-refractivity contribution in [3.63, 3.8) is 0 Å². The van der Waals surface area contributed by atoms with Gasteiger partial charge in [-0.25, -0.2) is 0 Å². The van der Waals surface area contributed by atoms with Crippen LogP contribution in [0.4, 0.5) is 0 Å². The standard InChI is InChI=1S/C7H12O4/c1-5(7(9)10-3)4-11-6(2)8/h5H,4H2,1-3H3/t5-/m1/s1. The lowest BCUT2D eigenvalue weighted by atomic mass is 10.2. The molecule has 0 amide bonds. The molecule has 0 saturated heterocycles. The smallest absolute Gasteiger partial charge is 0.311 e. The monoisotopic (exact) mass is 160 g/mol. The van der Waals surface area contributed by atoms with Gasteiger partial charge in [0.05, 0.1) is 13.0 Å². The van der Waals surface area contributed by atoms with E-state index in [0.717, 1.165) is 0 Å². The minimum Gasteiger partial charge on any atom is -0.469 e. The molecule has 1 atom stereocenters. The van der Waals surface area contributed by atoms with E-state index in [1.54, 1.807) is 6.92 Å². The second-order valence-electron chi connectivity index (χ2n) is 2.23. The fourth-order valence-electron chi connectivity index (χ4n) is 0.512. The van der Waals surface area contributed by atoms with Crippen LogP contribution in [0.5, 0.6) is 0 Å². The Kier molecular flexibility index (Phi) is 4.26. The molecular formula is C7H12O4. The van der Waals surface area contributed by atoms with Crippen LogP contribution in [-0.2, 0) is 19.1 Å². The van der Waals surface area contributed by atoms with E-state index in [-0.39, 0.29) is 24.5 Å². The summed E-state index contributed by atoms with van der Waals surface area (Å²) < 4.78 is 9.00. The summed E-state index contributed by atoms with van der Waals surface area (Å²) in [5.41, 5.74) is 0. The maximum absolute atomic E-state index is 10.7. The van der Waals surface area contributed by atoms with Crippen molar-refractivity contribution < 1.29 is 19.1 Å². The van der Waals surface area contributed by atoms with Crippen molar-refractivity contribution in [2.45, 2.75) is 13.8 Å². The zero-order valence-corrected chi connectivity index (χ0v) is 6.92. The Labute approximate surface area is 65.5 Å². The number of esters is 2. The first kappa shape index (κ1) is 9.94. The highest BCUT2D eigenvalue weighted by molar-refractivity contribution is 5.72. The lowest BCUT2D eigenvalue weighted by Crippen LogP contribution is -2.19. The summed E-state index contributed by atoms with van der Waals surface area (Å²) in [7, 11) is 1.30. The number of ether oxygens (including phenoxy) is 2. The van der Waals surface area contributed by atoms with E-state index in [1.165, 1.54) is 14.0 Å². The third-order valence-corrected chi connectivity index (χ3v) is 1.14. The lowest BCUT2D eigenvalue weighted by molar-refractivity contribution is -0.151. The largest absolute Gasteiger partial charge is 0.469 e. The van der Waals surface area contributed by atoms with Gasteiger partial charge in [-0.15, -0.1) is 0 Å². The van der Waals surface area contributed by atoms with E-state index in [9.17, 15) is 9.59 Å². The molecule has 0 aromatic heterocycles. The number of hydrogen-bond acceptors (Lipinski definition) is 4. The summed E-state index contributed by atoms with van der Waals surface area (Å²) in [6.07, 6.45) is 0. The summed E-state index contributed by atoms with van der Waals surface area (Å²) in [5, 5.41) is 0. The molecule has 0 radical (unpaired) electrons.